The molecule has 4 N–H and O–H groups in total. The van der Waals surface area contributed by atoms with E-state index in [4.69, 9.17) is 4.74 Å². The first kappa shape index (κ1) is 14.1. The van der Waals surface area contributed by atoms with Gasteiger partial charge in [0.15, 0.2) is 17.4 Å². The number of aliphatic hydroxyl groups excluding tert-OH is 2. The summed E-state index contributed by atoms with van der Waals surface area (Å²) in [5.74, 6) is 0.395. The van der Waals surface area contributed by atoms with Crippen molar-refractivity contribution >= 4 is 11.2 Å². The molecule has 1 fully saturated rings. The second-order valence-electron chi connectivity index (χ2n) is 5.36. The van der Waals surface area contributed by atoms with Crippen molar-refractivity contribution in [3.05, 3.63) is 22.5 Å². The van der Waals surface area contributed by atoms with Gasteiger partial charge in [-0.05, 0) is 13.8 Å². The number of nitrogens with one attached hydrogen (secondary N) is 1. The molecule has 1 saturated heterocycles. The van der Waals surface area contributed by atoms with Gasteiger partial charge in [0.25, 0.3) is 5.56 Å². The number of hydrogen-bond acceptors (Lipinski definition) is 7. The van der Waals surface area contributed by atoms with E-state index in [9.17, 15) is 20.1 Å². The molecule has 0 aromatic carbocycles. The highest BCUT2D eigenvalue weighted by Crippen LogP contribution is 2.38. The summed E-state index contributed by atoms with van der Waals surface area (Å²) in [5, 5.41) is 29.6. The lowest BCUT2D eigenvalue weighted by atomic mass is 9.96. The summed E-state index contributed by atoms with van der Waals surface area (Å²) in [4.78, 5) is 22.5. The van der Waals surface area contributed by atoms with Crippen LogP contribution >= 0.6 is 0 Å². The van der Waals surface area contributed by atoms with Crippen molar-refractivity contribution in [1.29, 1.82) is 0 Å². The number of aryl methyl sites for hydroxylation is 1. The lowest BCUT2D eigenvalue weighted by Crippen LogP contribution is -2.44. The van der Waals surface area contributed by atoms with Crippen LogP contribution in [0.4, 0.5) is 0 Å². The van der Waals surface area contributed by atoms with Crippen LogP contribution in [0.15, 0.2) is 11.1 Å². The highest BCUT2D eigenvalue weighted by molar-refractivity contribution is 5.69. The highest BCUT2D eigenvalue weighted by atomic mass is 16.6. The summed E-state index contributed by atoms with van der Waals surface area (Å²) < 4.78 is 6.88. The number of aromatic nitrogens is 4. The topological polar surface area (TPSA) is 133 Å². The van der Waals surface area contributed by atoms with Crippen LogP contribution in [-0.4, -0.2) is 59.3 Å². The monoisotopic (exact) mass is 296 g/mol. The molecule has 4 unspecified atom stereocenters. The fourth-order valence-corrected chi connectivity index (χ4v) is 2.60. The number of imidazole rings is 1. The SMILES string of the molecule is Cc1nc2c(ncn2C2OC(CO)C(O)C2(C)O)c(=O)[nH]1. The van der Waals surface area contributed by atoms with Crippen LogP contribution in [0, 0.1) is 6.92 Å². The Kier molecular flexibility index (Phi) is 3.10. The van der Waals surface area contributed by atoms with Gasteiger partial charge in [-0.2, -0.15) is 0 Å². The summed E-state index contributed by atoms with van der Waals surface area (Å²) in [5.41, 5.74) is -1.69. The largest absolute Gasteiger partial charge is 0.394 e. The highest BCUT2D eigenvalue weighted by Gasteiger charge is 2.53. The van der Waals surface area contributed by atoms with Gasteiger partial charge < -0.3 is 25.0 Å². The zero-order chi connectivity index (χ0) is 15.4. The van der Waals surface area contributed by atoms with Gasteiger partial charge in [0, 0.05) is 0 Å². The Morgan fingerprint density at radius 3 is 2.90 bits per heavy atom. The van der Waals surface area contributed by atoms with E-state index >= 15 is 0 Å². The van der Waals surface area contributed by atoms with Crippen LogP contribution in [0.3, 0.4) is 0 Å². The quantitative estimate of drug-likeness (QED) is 0.526. The fraction of sp³-hybridized carbons (Fsp3) is 0.583. The van der Waals surface area contributed by atoms with Crippen LogP contribution in [-0.2, 0) is 4.74 Å². The molecule has 2 aromatic rings. The number of H-pyrrole nitrogens is 1. The predicted octanol–water partition coefficient (Wildman–Crippen LogP) is -1.57. The zero-order valence-electron chi connectivity index (χ0n) is 11.5. The molecule has 1 aliphatic heterocycles. The maximum absolute atomic E-state index is 11.8. The summed E-state index contributed by atoms with van der Waals surface area (Å²) in [7, 11) is 0. The molecule has 21 heavy (non-hydrogen) atoms. The minimum atomic E-state index is -1.65. The number of hydrogen-bond donors (Lipinski definition) is 4. The minimum absolute atomic E-state index is 0.113. The lowest BCUT2D eigenvalue weighted by Gasteiger charge is -2.27. The molecule has 0 saturated carbocycles. The molecule has 0 spiro atoms. The molecule has 114 valence electrons. The van der Waals surface area contributed by atoms with Crippen LogP contribution < -0.4 is 5.56 Å². The average molecular weight is 296 g/mol. The van der Waals surface area contributed by atoms with Gasteiger partial charge in [0.1, 0.15) is 23.6 Å². The van der Waals surface area contributed by atoms with Gasteiger partial charge >= 0.3 is 0 Å². The Morgan fingerprint density at radius 1 is 1.57 bits per heavy atom. The molecule has 0 bridgehead atoms. The molecule has 1 aliphatic rings. The van der Waals surface area contributed by atoms with E-state index in [1.165, 1.54) is 17.8 Å². The number of aliphatic hydroxyl groups is 3. The van der Waals surface area contributed by atoms with Crippen LogP contribution in [0.1, 0.15) is 19.0 Å². The maximum atomic E-state index is 11.8. The third-order valence-corrected chi connectivity index (χ3v) is 3.74. The van der Waals surface area contributed by atoms with E-state index in [1.54, 1.807) is 6.92 Å². The first-order valence-electron chi connectivity index (χ1n) is 6.46. The minimum Gasteiger partial charge on any atom is -0.394 e. The van der Waals surface area contributed by atoms with Crippen molar-refractivity contribution in [3.63, 3.8) is 0 Å². The Bertz CT molecular complexity index is 737. The van der Waals surface area contributed by atoms with Crippen LogP contribution in [0.5, 0.6) is 0 Å². The molecule has 3 heterocycles. The standard InChI is InChI=1S/C12H16N4O5/c1-5-14-9-7(10(19)15-5)13-4-16(9)11-12(2,20)8(18)6(3-17)21-11/h4,6,8,11,17-18,20H,3H2,1-2H3,(H,14,15,19). The zero-order valence-corrected chi connectivity index (χ0v) is 11.5. The second kappa shape index (κ2) is 4.60. The molecule has 9 heteroatoms. The molecular formula is C12H16N4O5. The van der Waals surface area contributed by atoms with Crippen LogP contribution in [0.2, 0.25) is 0 Å². The van der Waals surface area contributed by atoms with Crippen molar-refractivity contribution in [2.24, 2.45) is 0 Å². The van der Waals surface area contributed by atoms with Crippen molar-refractivity contribution in [2.75, 3.05) is 6.61 Å². The van der Waals surface area contributed by atoms with Gasteiger partial charge in [-0.15, -0.1) is 0 Å². The van der Waals surface area contributed by atoms with Crippen molar-refractivity contribution < 1.29 is 20.1 Å². The van der Waals surface area contributed by atoms with Gasteiger partial charge in [-0.25, -0.2) is 9.97 Å². The molecule has 4 atom stereocenters. The number of ether oxygens (including phenoxy) is 1. The normalized spacial score (nSPS) is 32.9. The Labute approximate surface area is 118 Å². The summed E-state index contributed by atoms with van der Waals surface area (Å²) >= 11 is 0. The Hall–Kier alpha value is -1.81. The maximum Gasteiger partial charge on any atom is 0.279 e. The van der Waals surface area contributed by atoms with E-state index in [0.717, 1.165) is 0 Å². The van der Waals surface area contributed by atoms with Gasteiger partial charge in [-0.1, -0.05) is 0 Å². The predicted molar refractivity (Wildman–Crippen MR) is 70.5 cm³/mol. The molecule has 0 radical (unpaired) electrons. The van der Waals surface area contributed by atoms with E-state index < -0.39 is 36.2 Å². The van der Waals surface area contributed by atoms with E-state index in [2.05, 4.69) is 15.0 Å². The Morgan fingerprint density at radius 2 is 2.29 bits per heavy atom. The number of aromatic amines is 1. The van der Waals surface area contributed by atoms with Crippen LogP contribution in [0.25, 0.3) is 11.2 Å². The Balaban J connectivity index is 2.15. The third kappa shape index (κ3) is 1.97. The molecular weight excluding hydrogens is 280 g/mol. The molecule has 0 amide bonds. The number of fused-ring (bicyclic) bond motifs is 1. The van der Waals surface area contributed by atoms with Crippen molar-refractivity contribution in [2.45, 2.75) is 37.9 Å². The third-order valence-electron chi connectivity index (χ3n) is 3.74. The van der Waals surface area contributed by atoms with Gasteiger partial charge in [-0.3, -0.25) is 9.36 Å². The lowest BCUT2D eigenvalue weighted by molar-refractivity contribution is -0.0950. The molecule has 2 aromatic heterocycles. The van der Waals surface area contributed by atoms with Gasteiger partial charge in [0.05, 0.1) is 12.9 Å². The summed E-state index contributed by atoms with van der Waals surface area (Å²) in [6.45, 7) is 2.58. The average Bonchev–Trinajstić information content (AvgIpc) is 2.91. The molecule has 9 nitrogen and oxygen atoms in total. The van der Waals surface area contributed by atoms with E-state index in [0.29, 0.717) is 5.82 Å². The number of nitrogens with zero attached hydrogens (tertiary/aromatic N) is 3. The summed E-state index contributed by atoms with van der Waals surface area (Å²) in [6.07, 6.45) is -1.89. The first-order chi connectivity index (χ1) is 9.86. The smallest absolute Gasteiger partial charge is 0.279 e. The van der Waals surface area contributed by atoms with E-state index in [-0.39, 0.29) is 11.2 Å². The van der Waals surface area contributed by atoms with Gasteiger partial charge in [0.2, 0.25) is 0 Å². The summed E-state index contributed by atoms with van der Waals surface area (Å²) in [6, 6.07) is 0. The van der Waals surface area contributed by atoms with E-state index in [1.807, 2.05) is 0 Å². The number of rotatable bonds is 2. The van der Waals surface area contributed by atoms with Crippen molar-refractivity contribution in [3.8, 4) is 0 Å². The second-order valence-corrected chi connectivity index (χ2v) is 5.36. The molecule has 0 aliphatic carbocycles. The molecule has 3 rings (SSSR count). The first-order valence-corrected chi connectivity index (χ1v) is 6.46. The van der Waals surface area contributed by atoms with Crippen molar-refractivity contribution in [1.82, 2.24) is 19.5 Å². The fourth-order valence-electron chi connectivity index (χ4n) is 2.60.